The van der Waals surface area contributed by atoms with Crippen molar-refractivity contribution in [3.05, 3.63) is 66.3 Å². The number of hydrogen-bond donors (Lipinski definition) is 1. The minimum Gasteiger partial charge on any atom is -0.339 e. The van der Waals surface area contributed by atoms with Crippen molar-refractivity contribution in [2.45, 2.75) is 11.3 Å². The SMILES string of the molecule is O=S(=O)(NCCc1nc(-c2ccccc2F)no1)c1ccccc1. The van der Waals surface area contributed by atoms with Gasteiger partial charge >= 0.3 is 0 Å². The topological polar surface area (TPSA) is 85.1 Å². The molecule has 0 radical (unpaired) electrons. The average molecular weight is 347 g/mol. The lowest BCUT2D eigenvalue weighted by atomic mass is 10.2. The first-order valence-electron chi connectivity index (χ1n) is 7.18. The second kappa shape index (κ2) is 6.90. The molecule has 2 aromatic carbocycles. The first-order chi connectivity index (χ1) is 11.6. The van der Waals surface area contributed by atoms with E-state index in [0.717, 1.165) is 0 Å². The highest BCUT2D eigenvalue weighted by Gasteiger charge is 2.15. The fourth-order valence-corrected chi connectivity index (χ4v) is 3.14. The van der Waals surface area contributed by atoms with Crippen LogP contribution in [0.5, 0.6) is 0 Å². The Morgan fingerprint density at radius 3 is 2.50 bits per heavy atom. The third kappa shape index (κ3) is 3.66. The summed E-state index contributed by atoms with van der Waals surface area (Å²) in [5, 5.41) is 3.72. The fourth-order valence-electron chi connectivity index (χ4n) is 2.08. The van der Waals surface area contributed by atoms with Crippen molar-refractivity contribution in [3.63, 3.8) is 0 Å². The van der Waals surface area contributed by atoms with E-state index in [0.29, 0.717) is 0 Å². The van der Waals surface area contributed by atoms with E-state index in [1.54, 1.807) is 36.4 Å². The molecule has 0 aliphatic carbocycles. The molecular formula is C16H14FN3O3S. The Kier molecular flexibility index (Phi) is 4.68. The van der Waals surface area contributed by atoms with Crippen molar-refractivity contribution in [1.82, 2.24) is 14.9 Å². The van der Waals surface area contributed by atoms with E-state index in [9.17, 15) is 12.8 Å². The number of nitrogens with zero attached hydrogens (tertiary/aromatic N) is 2. The highest BCUT2D eigenvalue weighted by atomic mass is 32.2. The molecule has 24 heavy (non-hydrogen) atoms. The summed E-state index contributed by atoms with van der Waals surface area (Å²) < 4.78 is 45.3. The summed E-state index contributed by atoms with van der Waals surface area (Å²) in [5.41, 5.74) is 0.234. The van der Waals surface area contributed by atoms with Crippen molar-refractivity contribution >= 4 is 10.0 Å². The number of hydrogen-bond acceptors (Lipinski definition) is 5. The molecule has 3 rings (SSSR count). The van der Waals surface area contributed by atoms with Gasteiger partial charge < -0.3 is 4.52 Å². The fraction of sp³-hybridized carbons (Fsp3) is 0.125. The van der Waals surface area contributed by atoms with Crippen LogP contribution in [0.4, 0.5) is 4.39 Å². The van der Waals surface area contributed by atoms with Gasteiger partial charge in [-0.05, 0) is 24.3 Å². The highest BCUT2D eigenvalue weighted by Crippen LogP contribution is 2.19. The Balaban J connectivity index is 1.63. The van der Waals surface area contributed by atoms with Gasteiger partial charge in [-0.2, -0.15) is 4.98 Å². The molecule has 0 saturated carbocycles. The third-order valence-electron chi connectivity index (χ3n) is 3.27. The Morgan fingerprint density at radius 1 is 1.04 bits per heavy atom. The van der Waals surface area contributed by atoms with E-state index < -0.39 is 15.8 Å². The van der Waals surface area contributed by atoms with Crippen LogP contribution in [0.3, 0.4) is 0 Å². The highest BCUT2D eigenvalue weighted by molar-refractivity contribution is 7.89. The molecule has 0 fully saturated rings. The molecule has 0 bridgehead atoms. The first kappa shape index (κ1) is 16.3. The maximum Gasteiger partial charge on any atom is 0.240 e. The molecule has 0 amide bonds. The number of sulfonamides is 1. The molecule has 124 valence electrons. The van der Waals surface area contributed by atoms with Crippen molar-refractivity contribution in [1.29, 1.82) is 0 Å². The standard InChI is InChI=1S/C16H14FN3O3S/c17-14-9-5-4-8-13(14)16-19-15(23-20-16)10-11-18-24(21,22)12-6-2-1-3-7-12/h1-9,18H,10-11H2. The van der Waals surface area contributed by atoms with Crippen LogP contribution >= 0.6 is 0 Å². The molecule has 3 aromatic rings. The monoisotopic (exact) mass is 347 g/mol. The average Bonchev–Trinajstić information content (AvgIpc) is 3.04. The van der Waals surface area contributed by atoms with Gasteiger partial charge in [0.15, 0.2) is 0 Å². The van der Waals surface area contributed by atoms with E-state index in [2.05, 4.69) is 14.9 Å². The third-order valence-corrected chi connectivity index (χ3v) is 4.74. The number of rotatable bonds is 6. The summed E-state index contributed by atoms with van der Waals surface area (Å²) in [6.07, 6.45) is 0.202. The number of halogens is 1. The number of benzene rings is 2. The quantitative estimate of drug-likeness (QED) is 0.740. The Bertz CT molecular complexity index is 927. The molecule has 1 N–H and O–H groups in total. The van der Waals surface area contributed by atoms with Crippen LogP contribution in [0.1, 0.15) is 5.89 Å². The number of nitrogens with one attached hydrogen (secondary N) is 1. The lowest BCUT2D eigenvalue weighted by molar-refractivity contribution is 0.378. The molecule has 0 atom stereocenters. The maximum atomic E-state index is 13.7. The lowest BCUT2D eigenvalue weighted by Gasteiger charge is -2.04. The molecule has 6 nitrogen and oxygen atoms in total. The van der Waals surface area contributed by atoms with Gasteiger partial charge in [0.1, 0.15) is 5.82 Å². The summed E-state index contributed by atoms with van der Waals surface area (Å²) in [7, 11) is -3.58. The normalized spacial score (nSPS) is 11.5. The molecule has 0 unspecified atom stereocenters. The van der Waals surface area contributed by atoms with E-state index in [1.807, 2.05) is 0 Å². The van der Waals surface area contributed by atoms with Gasteiger partial charge in [-0.1, -0.05) is 35.5 Å². The van der Waals surface area contributed by atoms with Gasteiger partial charge in [0.2, 0.25) is 21.7 Å². The second-order valence-corrected chi connectivity index (χ2v) is 6.72. The van der Waals surface area contributed by atoms with Crippen molar-refractivity contribution in [2.75, 3.05) is 6.54 Å². The van der Waals surface area contributed by atoms with Gasteiger partial charge in [-0.15, -0.1) is 0 Å². The van der Waals surface area contributed by atoms with Crippen molar-refractivity contribution < 1.29 is 17.3 Å². The minimum atomic E-state index is -3.58. The summed E-state index contributed by atoms with van der Waals surface area (Å²) in [6.45, 7) is 0.0934. The van der Waals surface area contributed by atoms with E-state index in [1.165, 1.54) is 18.2 Å². The first-order valence-corrected chi connectivity index (χ1v) is 8.67. The van der Waals surface area contributed by atoms with Crippen LogP contribution in [0.15, 0.2) is 64.0 Å². The molecule has 8 heteroatoms. The van der Waals surface area contributed by atoms with Crippen LogP contribution < -0.4 is 4.72 Å². The molecule has 0 aliphatic heterocycles. The second-order valence-electron chi connectivity index (χ2n) is 4.95. The van der Waals surface area contributed by atoms with E-state index in [-0.39, 0.29) is 35.1 Å². The van der Waals surface area contributed by atoms with E-state index >= 15 is 0 Å². The largest absolute Gasteiger partial charge is 0.339 e. The Labute approximate surface area is 138 Å². The summed E-state index contributed by atoms with van der Waals surface area (Å²) >= 11 is 0. The van der Waals surface area contributed by atoms with Crippen LogP contribution in [-0.2, 0) is 16.4 Å². The van der Waals surface area contributed by atoms with Crippen LogP contribution in [0, 0.1) is 5.82 Å². The number of aromatic nitrogens is 2. The molecule has 1 heterocycles. The smallest absolute Gasteiger partial charge is 0.240 e. The van der Waals surface area contributed by atoms with Gasteiger partial charge in [-0.3, -0.25) is 0 Å². The van der Waals surface area contributed by atoms with Gasteiger partial charge in [-0.25, -0.2) is 17.5 Å². The van der Waals surface area contributed by atoms with Crippen LogP contribution in [0.25, 0.3) is 11.4 Å². The molecule has 0 aliphatic rings. The maximum absolute atomic E-state index is 13.7. The van der Waals surface area contributed by atoms with Crippen molar-refractivity contribution in [3.8, 4) is 11.4 Å². The Hall–Kier alpha value is -2.58. The summed E-state index contributed by atoms with van der Waals surface area (Å²) in [6, 6.07) is 14.1. The summed E-state index contributed by atoms with van der Waals surface area (Å²) in [5.74, 6) is -0.0901. The summed E-state index contributed by atoms with van der Waals surface area (Å²) in [4.78, 5) is 4.26. The van der Waals surface area contributed by atoms with Gasteiger partial charge in [0, 0.05) is 13.0 Å². The van der Waals surface area contributed by atoms with Gasteiger partial charge in [0.05, 0.1) is 10.5 Å². The predicted molar refractivity (Wildman–Crippen MR) is 85.0 cm³/mol. The molecule has 1 aromatic heterocycles. The predicted octanol–water partition coefficient (Wildman–Crippen LogP) is 2.40. The zero-order valence-electron chi connectivity index (χ0n) is 12.5. The molecular weight excluding hydrogens is 333 g/mol. The van der Waals surface area contributed by atoms with Gasteiger partial charge in [0.25, 0.3) is 0 Å². The van der Waals surface area contributed by atoms with Crippen molar-refractivity contribution in [2.24, 2.45) is 0 Å². The van der Waals surface area contributed by atoms with Crippen LogP contribution in [0.2, 0.25) is 0 Å². The zero-order valence-corrected chi connectivity index (χ0v) is 13.3. The molecule has 0 spiro atoms. The van der Waals surface area contributed by atoms with E-state index in [4.69, 9.17) is 4.52 Å². The lowest BCUT2D eigenvalue weighted by Crippen LogP contribution is -2.26. The zero-order chi connectivity index (χ0) is 17.0. The molecule has 0 saturated heterocycles. The minimum absolute atomic E-state index is 0.0934. The Morgan fingerprint density at radius 2 is 1.75 bits per heavy atom. The van der Waals surface area contributed by atoms with Crippen LogP contribution in [-0.4, -0.2) is 25.1 Å².